The number of hydrogen-bond acceptors (Lipinski definition) is 4. The number of carbonyl (C=O) groups excluding carboxylic acids is 1. The molecule has 1 amide bonds. The number of amides is 1. The van der Waals surface area contributed by atoms with E-state index in [1.54, 1.807) is 0 Å². The molecule has 28 heavy (non-hydrogen) atoms. The maximum absolute atomic E-state index is 12.5. The Hall–Kier alpha value is -3.02. The van der Waals surface area contributed by atoms with E-state index in [-0.39, 0.29) is 5.91 Å². The zero-order valence-electron chi connectivity index (χ0n) is 16.8. The summed E-state index contributed by atoms with van der Waals surface area (Å²) in [5.74, 6) is 0.683. The third kappa shape index (κ3) is 5.25. The van der Waals surface area contributed by atoms with E-state index in [1.165, 1.54) is 0 Å². The molecule has 0 spiro atoms. The maximum atomic E-state index is 12.5. The minimum Gasteiger partial charge on any atom is -0.352 e. The average Bonchev–Trinajstić information content (AvgIpc) is 3.10. The Morgan fingerprint density at radius 2 is 2.04 bits per heavy atom. The first-order valence-electron chi connectivity index (χ1n) is 9.77. The van der Waals surface area contributed by atoms with Gasteiger partial charge in [-0.05, 0) is 50.5 Å². The third-order valence-electron chi connectivity index (χ3n) is 4.43. The second-order valence-electron chi connectivity index (χ2n) is 7.01. The highest BCUT2D eigenvalue weighted by molar-refractivity contribution is 5.95. The van der Waals surface area contributed by atoms with Gasteiger partial charge in [0.05, 0.1) is 11.9 Å². The first-order chi connectivity index (χ1) is 13.5. The van der Waals surface area contributed by atoms with Gasteiger partial charge in [-0.2, -0.15) is 5.10 Å². The Kier molecular flexibility index (Phi) is 6.53. The van der Waals surface area contributed by atoms with Crippen LogP contribution in [0, 0.1) is 13.8 Å². The number of aromatic nitrogens is 4. The number of nitrogens with zero attached hydrogens (tertiary/aromatic N) is 4. The molecule has 3 aromatic rings. The van der Waals surface area contributed by atoms with E-state index in [9.17, 15) is 4.79 Å². The number of rotatable bonds is 8. The monoisotopic (exact) mass is 377 g/mol. The molecular formula is C22H27N5O. The molecule has 6 nitrogen and oxygen atoms in total. The molecule has 0 saturated heterocycles. The highest BCUT2D eigenvalue weighted by atomic mass is 16.1. The van der Waals surface area contributed by atoms with Gasteiger partial charge >= 0.3 is 0 Å². The summed E-state index contributed by atoms with van der Waals surface area (Å²) < 4.78 is 1.90. The van der Waals surface area contributed by atoms with Crippen LogP contribution in [0.4, 0.5) is 0 Å². The topological polar surface area (TPSA) is 72.7 Å². The van der Waals surface area contributed by atoms with Crippen molar-refractivity contribution in [2.75, 3.05) is 6.54 Å². The first-order valence-corrected chi connectivity index (χ1v) is 9.77. The van der Waals surface area contributed by atoms with Crippen molar-refractivity contribution in [3.05, 3.63) is 65.4 Å². The molecule has 146 valence electrons. The summed E-state index contributed by atoms with van der Waals surface area (Å²) in [6.07, 6.45) is 6.63. The van der Waals surface area contributed by atoms with Crippen LogP contribution in [0.15, 0.2) is 42.7 Å². The predicted molar refractivity (Wildman–Crippen MR) is 110 cm³/mol. The Bertz CT molecular complexity index is 948. The largest absolute Gasteiger partial charge is 0.352 e. The van der Waals surface area contributed by atoms with Gasteiger partial charge in [-0.1, -0.05) is 25.5 Å². The van der Waals surface area contributed by atoms with Crippen LogP contribution in [0.3, 0.4) is 0 Å². The van der Waals surface area contributed by atoms with Crippen molar-refractivity contribution in [1.29, 1.82) is 0 Å². The fourth-order valence-corrected chi connectivity index (χ4v) is 3.12. The molecule has 0 radical (unpaired) electrons. The van der Waals surface area contributed by atoms with Gasteiger partial charge in [-0.15, -0.1) is 0 Å². The number of benzene rings is 1. The summed E-state index contributed by atoms with van der Waals surface area (Å²) in [5.41, 5.74) is 4.61. The zero-order valence-corrected chi connectivity index (χ0v) is 16.8. The predicted octanol–water partition coefficient (Wildman–Crippen LogP) is 3.73. The fraction of sp³-hybridized carbons (Fsp3) is 0.364. The Morgan fingerprint density at radius 1 is 1.18 bits per heavy atom. The van der Waals surface area contributed by atoms with Crippen molar-refractivity contribution in [3.8, 4) is 11.3 Å². The van der Waals surface area contributed by atoms with Crippen LogP contribution in [0.25, 0.3) is 11.3 Å². The van der Waals surface area contributed by atoms with Crippen molar-refractivity contribution in [2.24, 2.45) is 0 Å². The molecule has 0 aliphatic rings. The summed E-state index contributed by atoms with van der Waals surface area (Å²) in [5, 5.41) is 7.24. The molecule has 1 N–H and O–H groups in total. The quantitative estimate of drug-likeness (QED) is 0.607. The van der Waals surface area contributed by atoms with Crippen LogP contribution in [0.5, 0.6) is 0 Å². The summed E-state index contributed by atoms with van der Waals surface area (Å²) in [6.45, 7) is 7.45. The Balaban J connectivity index is 1.63. The number of nitrogens with one attached hydrogen (secondary N) is 1. The van der Waals surface area contributed by atoms with Gasteiger partial charge < -0.3 is 5.32 Å². The third-order valence-corrected chi connectivity index (χ3v) is 4.43. The second-order valence-corrected chi connectivity index (χ2v) is 7.01. The highest BCUT2D eigenvalue weighted by Crippen LogP contribution is 2.20. The molecule has 2 heterocycles. The molecule has 0 bridgehead atoms. The van der Waals surface area contributed by atoms with Crippen LogP contribution in [0.2, 0.25) is 0 Å². The normalized spacial score (nSPS) is 10.8. The van der Waals surface area contributed by atoms with Gasteiger partial charge in [0.25, 0.3) is 5.91 Å². The molecule has 6 heteroatoms. The summed E-state index contributed by atoms with van der Waals surface area (Å²) >= 11 is 0. The van der Waals surface area contributed by atoms with Crippen LogP contribution < -0.4 is 5.32 Å². The molecule has 0 fully saturated rings. The number of aryl methyl sites for hydroxylation is 4. The molecule has 0 aliphatic heterocycles. The van der Waals surface area contributed by atoms with Crippen LogP contribution in [-0.2, 0) is 13.0 Å². The summed E-state index contributed by atoms with van der Waals surface area (Å²) in [6, 6.07) is 9.61. The SMILES string of the molecule is CCCc1cc(-c2cccc(C(=O)NCCCn3cc(C)cn3)c2)nc(C)n1. The molecule has 0 atom stereocenters. The molecule has 2 aromatic heterocycles. The number of hydrogen-bond donors (Lipinski definition) is 1. The maximum Gasteiger partial charge on any atom is 0.251 e. The molecular weight excluding hydrogens is 350 g/mol. The van der Waals surface area contributed by atoms with Crippen molar-refractivity contribution in [2.45, 2.75) is 46.6 Å². The van der Waals surface area contributed by atoms with E-state index in [0.29, 0.717) is 12.1 Å². The van der Waals surface area contributed by atoms with Gasteiger partial charge in [0.15, 0.2) is 0 Å². The minimum absolute atomic E-state index is 0.0712. The van der Waals surface area contributed by atoms with Gasteiger partial charge in [0, 0.05) is 36.1 Å². The van der Waals surface area contributed by atoms with E-state index in [4.69, 9.17) is 0 Å². The van der Waals surface area contributed by atoms with Crippen LogP contribution >= 0.6 is 0 Å². The van der Waals surface area contributed by atoms with Crippen LogP contribution in [0.1, 0.15) is 47.2 Å². The van der Waals surface area contributed by atoms with Crippen molar-refractivity contribution >= 4 is 5.91 Å². The minimum atomic E-state index is -0.0712. The molecule has 0 aliphatic carbocycles. The van der Waals surface area contributed by atoms with Crippen molar-refractivity contribution in [3.63, 3.8) is 0 Å². The number of carbonyl (C=O) groups is 1. The molecule has 0 saturated carbocycles. The lowest BCUT2D eigenvalue weighted by atomic mass is 10.1. The Labute approximate surface area is 166 Å². The second kappa shape index (κ2) is 9.26. The van der Waals surface area contributed by atoms with Crippen molar-refractivity contribution < 1.29 is 4.79 Å². The van der Waals surface area contributed by atoms with Crippen LogP contribution in [-0.4, -0.2) is 32.2 Å². The molecule has 0 unspecified atom stereocenters. The smallest absolute Gasteiger partial charge is 0.251 e. The average molecular weight is 377 g/mol. The Morgan fingerprint density at radius 3 is 2.79 bits per heavy atom. The van der Waals surface area contributed by atoms with E-state index < -0.39 is 0 Å². The lowest BCUT2D eigenvalue weighted by molar-refractivity contribution is 0.0952. The highest BCUT2D eigenvalue weighted by Gasteiger charge is 2.09. The first kappa shape index (κ1) is 19.7. The van der Waals surface area contributed by atoms with Gasteiger partial charge in [0.1, 0.15) is 5.82 Å². The fourth-order valence-electron chi connectivity index (χ4n) is 3.12. The lowest BCUT2D eigenvalue weighted by Gasteiger charge is -2.09. The zero-order chi connectivity index (χ0) is 19.9. The van der Waals surface area contributed by atoms with E-state index in [1.807, 2.05) is 61.3 Å². The van der Waals surface area contributed by atoms with Gasteiger partial charge in [-0.25, -0.2) is 9.97 Å². The lowest BCUT2D eigenvalue weighted by Crippen LogP contribution is -2.25. The van der Waals surface area contributed by atoms with E-state index in [0.717, 1.165) is 54.1 Å². The van der Waals surface area contributed by atoms with Gasteiger partial charge in [0.2, 0.25) is 0 Å². The standard InChI is InChI=1S/C22H27N5O/c1-4-7-20-13-21(26-17(3)25-20)18-8-5-9-19(12-18)22(28)23-10-6-11-27-15-16(2)14-24-27/h5,8-9,12-15H,4,6-7,10-11H2,1-3H3,(H,23,28). The van der Waals surface area contributed by atoms with E-state index >= 15 is 0 Å². The summed E-state index contributed by atoms with van der Waals surface area (Å²) in [4.78, 5) is 21.5. The molecule has 1 aromatic carbocycles. The van der Waals surface area contributed by atoms with Gasteiger partial charge in [-0.3, -0.25) is 9.48 Å². The van der Waals surface area contributed by atoms with Crippen molar-refractivity contribution in [1.82, 2.24) is 25.1 Å². The van der Waals surface area contributed by atoms with E-state index in [2.05, 4.69) is 27.3 Å². The molecule has 3 rings (SSSR count). The summed E-state index contributed by atoms with van der Waals surface area (Å²) in [7, 11) is 0.